The van der Waals surface area contributed by atoms with Crippen molar-refractivity contribution in [3.63, 3.8) is 0 Å². The van der Waals surface area contributed by atoms with E-state index in [-0.39, 0.29) is 11.3 Å². The van der Waals surface area contributed by atoms with Gasteiger partial charge >= 0.3 is 11.9 Å². The molecule has 6 heteroatoms. The molecule has 0 saturated heterocycles. The minimum absolute atomic E-state index is 0.160. The maximum absolute atomic E-state index is 12.2. The molecule has 0 aromatic heterocycles. The zero-order chi connectivity index (χ0) is 29.5. The lowest BCUT2D eigenvalue weighted by Crippen LogP contribution is -2.47. The van der Waals surface area contributed by atoms with E-state index in [0.29, 0.717) is 30.1 Å². The molecule has 1 aliphatic heterocycles. The molecule has 220 valence electrons. The van der Waals surface area contributed by atoms with Crippen molar-refractivity contribution in [1.29, 1.82) is 0 Å². The number of carboxylic acids is 2. The molecule has 1 aliphatic rings. The van der Waals surface area contributed by atoms with Gasteiger partial charge in [0.05, 0.1) is 5.57 Å². The van der Waals surface area contributed by atoms with Gasteiger partial charge in [0.15, 0.2) is 0 Å². The van der Waals surface area contributed by atoms with Gasteiger partial charge in [0.1, 0.15) is 17.1 Å². The largest absolute Gasteiger partial charge is 0.507 e. The Labute approximate surface area is 235 Å². The first-order chi connectivity index (χ1) is 18.2. The van der Waals surface area contributed by atoms with Crippen LogP contribution in [0.15, 0.2) is 11.6 Å². The molecule has 2 rings (SSSR count). The zero-order valence-electron chi connectivity index (χ0n) is 25.5. The minimum atomic E-state index is -1.28. The maximum atomic E-state index is 12.2. The molecule has 0 amide bonds. The van der Waals surface area contributed by atoms with Crippen molar-refractivity contribution in [3.05, 3.63) is 33.9 Å². The lowest BCUT2D eigenvalue weighted by molar-refractivity contribution is -0.136. The fraction of sp³-hybridized carbons (Fsp3) is 0.697. The van der Waals surface area contributed by atoms with Crippen LogP contribution in [0.1, 0.15) is 115 Å². The van der Waals surface area contributed by atoms with Gasteiger partial charge in [0.25, 0.3) is 0 Å². The predicted octanol–water partition coefficient (Wildman–Crippen LogP) is 8.16. The van der Waals surface area contributed by atoms with Crippen LogP contribution in [0.2, 0.25) is 0 Å². The number of benzene rings is 1. The smallest absolute Gasteiger partial charge is 0.332 e. The summed E-state index contributed by atoms with van der Waals surface area (Å²) < 4.78 is 6.63. The van der Waals surface area contributed by atoms with Crippen LogP contribution in [0.25, 0.3) is 0 Å². The van der Waals surface area contributed by atoms with E-state index in [9.17, 15) is 24.9 Å². The summed E-state index contributed by atoms with van der Waals surface area (Å²) in [5.41, 5.74) is 1.97. The number of fused-ring (bicyclic) bond motifs is 1. The SMILES string of the molecule is Cc1c(C)c2c(c(C)c1O)CC(/C(=C/C(=O)O)C(=O)O)[C@](C)(CCC[C@H](C)CCC[C@@H](C)CCCC(C)C)O2. The molecule has 6 nitrogen and oxygen atoms in total. The standard InChI is InChI=1S/C33H52O6/c1-20(2)12-9-13-21(3)14-10-15-22(4)16-11-17-33(8)28(27(32(37)38)19-29(34)35)18-26-25(7)30(36)23(5)24(6)31(26)39-33/h19-22,28,36H,9-18H2,1-8H3,(H,34,35)(H,37,38)/b27-19-/t21-,22+,28?,33-/m0/s1. The first-order valence-electron chi connectivity index (χ1n) is 14.9. The summed E-state index contributed by atoms with van der Waals surface area (Å²) in [5.74, 6) is -0.217. The van der Waals surface area contributed by atoms with Gasteiger partial charge in [-0.15, -0.1) is 0 Å². The van der Waals surface area contributed by atoms with Crippen LogP contribution in [0.3, 0.4) is 0 Å². The molecule has 0 bridgehead atoms. The van der Waals surface area contributed by atoms with Crippen LogP contribution in [0, 0.1) is 44.4 Å². The second-order valence-electron chi connectivity index (χ2n) is 12.8. The highest BCUT2D eigenvalue weighted by atomic mass is 16.5. The first kappa shape index (κ1) is 32.7. The molecule has 39 heavy (non-hydrogen) atoms. The van der Waals surface area contributed by atoms with Crippen molar-refractivity contribution in [3.8, 4) is 11.5 Å². The van der Waals surface area contributed by atoms with Gasteiger partial charge in [0.2, 0.25) is 0 Å². The van der Waals surface area contributed by atoms with Crippen molar-refractivity contribution in [1.82, 2.24) is 0 Å². The third-order valence-electron chi connectivity index (χ3n) is 8.96. The van der Waals surface area contributed by atoms with E-state index in [1.165, 1.54) is 38.5 Å². The molecule has 0 spiro atoms. The number of carboxylic acid groups (broad SMARTS) is 2. The number of phenols is 1. The van der Waals surface area contributed by atoms with Crippen LogP contribution in [-0.4, -0.2) is 32.9 Å². The summed E-state index contributed by atoms with van der Waals surface area (Å²) in [6.45, 7) is 16.7. The van der Waals surface area contributed by atoms with Gasteiger partial charge in [-0.3, -0.25) is 0 Å². The summed E-state index contributed by atoms with van der Waals surface area (Å²) in [5, 5.41) is 30.1. The number of hydrogen-bond donors (Lipinski definition) is 3. The molecule has 0 aliphatic carbocycles. The Morgan fingerprint density at radius 2 is 1.44 bits per heavy atom. The third-order valence-corrected chi connectivity index (χ3v) is 8.96. The Hall–Kier alpha value is -2.50. The maximum Gasteiger partial charge on any atom is 0.332 e. The Kier molecular flexibility index (Phi) is 11.9. The normalized spacial score (nSPS) is 20.8. The van der Waals surface area contributed by atoms with E-state index in [4.69, 9.17) is 4.74 Å². The van der Waals surface area contributed by atoms with Crippen LogP contribution in [0.4, 0.5) is 0 Å². The number of aliphatic carboxylic acids is 2. The Bertz CT molecular complexity index is 1040. The topological polar surface area (TPSA) is 104 Å². The molecule has 1 aromatic carbocycles. The summed E-state index contributed by atoms with van der Waals surface area (Å²) in [4.78, 5) is 23.8. The van der Waals surface area contributed by atoms with Crippen molar-refractivity contribution in [2.75, 3.05) is 0 Å². The fourth-order valence-corrected chi connectivity index (χ4v) is 6.17. The van der Waals surface area contributed by atoms with E-state index in [1.54, 1.807) is 6.92 Å². The molecule has 3 N–H and O–H groups in total. The average molecular weight is 545 g/mol. The number of carbonyl (C=O) groups is 2. The third kappa shape index (κ3) is 8.74. The lowest BCUT2D eigenvalue weighted by atomic mass is 9.72. The quantitative estimate of drug-likeness (QED) is 0.192. The van der Waals surface area contributed by atoms with Crippen molar-refractivity contribution < 1.29 is 29.6 Å². The van der Waals surface area contributed by atoms with E-state index in [0.717, 1.165) is 47.4 Å². The molecule has 4 atom stereocenters. The van der Waals surface area contributed by atoms with Crippen molar-refractivity contribution >= 4 is 11.9 Å². The Morgan fingerprint density at radius 1 is 0.897 bits per heavy atom. The minimum Gasteiger partial charge on any atom is -0.507 e. The molecule has 0 saturated carbocycles. The highest BCUT2D eigenvalue weighted by Crippen LogP contribution is 2.48. The number of aromatic hydroxyl groups is 1. The lowest BCUT2D eigenvalue weighted by Gasteiger charge is -2.44. The molecule has 0 fully saturated rings. The monoisotopic (exact) mass is 544 g/mol. The van der Waals surface area contributed by atoms with E-state index < -0.39 is 23.5 Å². The van der Waals surface area contributed by atoms with Gasteiger partial charge in [-0.2, -0.15) is 0 Å². The summed E-state index contributed by atoms with van der Waals surface area (Å²) >= 11 is 0. The number of phenolic OH excluding ortho intramolecular Hbond substituents is 1. The van der Waals surface area contributed by atoms with Crippen LogP contribution in [0.5, 0.6) is 11.5 Å². The van der Waals surface area contributed by atoms with Gasteiger partial charge in [-0.1, -0.05) is 72.6 Å². The second-order valence-corrected chi connectivity index (χ2v) is 12.8. The van der Waals surface area contributed by atoms with E-state index >= 15 is 0 Å². The summed E-state index contributed by atoms with van der Waals surface area (Å²) in [7, 11) is 0. The van der Waals surface area contributed by atoms with Gasteiger partial charge in [0, 0.05) is 17.6 Å². The van der Waals surface area contributed by atoms with Gasteiger partial charge < -0.3 is 20.1 Å². The molecular formula is C33H52O6. The fourth-order valence-electron chi connectivity index (χ4n) is 6.17. The van der Waals surface area contributed by atoms with Gasteiger partial charge in [-0.05, 0) is 81.4 Å². The van der Waals surface area contributed by atoms with Gasteiger partial charge in [-0.25, -0.2) is 9.59 Å². The number of ether oxygens (including phenoxy) is 1. The van der Waals surface area contributed by atoms with Crippen LogP contribution in [-0.2, 0) is 16.0 Å². The first-order valence-corrected chi connectivity index (χ1v) is 14.9. The molecular weight excluding hydrogens is 492 g/mol. The summed E-state index contributed by atoms with van der Waals surface area (Å²) in [6.07, 6.45) is 11.2. The average Bonchev–Trinajstić information content (AvgIpc) is 2.84. The van der Waals surface area contributed by atoms with E-state index in [2.05, 4.69) is 27.7 Å². The molecule has 0 radical (unpaired) electrons. The highest BCUT2D eigenvalue weighted by molar-refractivity contribution is 5.95. The van der Waals surface area contributed by atoms with Crippen molar-refractivity contribution in [2.24, 2.45) is 23.7 Å². The zero-order valence-corrected chi connectivity index (χ0v) is 25.5. The predicted molar refractivity (Wildman–Crippen MR) is 157 cm³/mol. The molecule has 1 aromatic rings. The Balaban J connectivity index is 2.14. The van der Waals surface area contributed by atoms with Crippen molar-refractivity contribution in [2.45, 2.75) is 125 Å². The van der Waals surface area contributed by atoms with Crippen LogP contribution < -0.4 is 4.74 Å². The highest BCUT2D eigenvalue weighted by Gasteiger charge is 2.46. The molecule has 1 unspecified atom stereocenters. The second kappa shape index (κ2) is 14.2. The molecule has 1 heterocycles. The van der Waals surface area contributed by atoms with E-state index in [1.807, 2.05) is 20.8 Å². The number of rotatable bonds is 15. The number of hydrogen-bond acceptors (Lipinski definition) is 4. The summed E-state index contributed by atoms with van der Waals surface area (Å²) in [6, 6.07) is 0. The van der Waals surface area contributed by atoms with Crippen LogP contribution >= 0.6 is 0 Å². The Morgan fingerprint density at radius 3 is 1.95 bits per heavy atom.